The van der Waals surface area contributed by atoms with Crippen molar-refractivity contribution in [3.8, 4) is 0 Å². The van der Waals surface area contributed by atoms with Crippen molar-refractivity contribution in [2.45, 2.75) is 52.5 Å². The smallest absolute Gasteiger partial charge is 0.239 e. The summed E-state index contributed by atoms with van der Waals surface area (Å²) < 4.78 is 5.67. The minimum atomic E-state index is -0.125. The third-order valence-electron chi connectivity index (χ3n) is 4.73. The fourth-order valence-corrected chi connectivity index (χ4v) is 3.48. The molecule has 0 unspecified atom stereocenters. The monoisotopic (exact) mass is 342 g/mol. The number of nitrogens with one attached hydrogen (secondary N) is 1. The molecule has 3 rings (SSSR count). The third kappa shape index (κ3) is 3.86. The first-order valence-electron chi connectivity index (χ1n) is 9.07. The molecule has 0 radical (unpaired) electrons. The average Bonchev–Trinajstić information content (AvgIpc) is 3.16. The highest BCUT2D eigenvalue weighted by Gasteiger charge is 2.20. The zero-order valence-corrected chi connectivity index (χ0v) is 15.2. The molecule has 0 bridgehead atoms. The molecular weight excluding hydrogens is 316 g/mol. The minimum absolute atomic E-state index is 0.0513. The maximum Gasteiger partial charge on any atom is 0.239 e. The second kappa shape index (κ2) is 7.30. The lowest BCUT2D eigenvalue weighted by atomic mass is 10.0. The van der Waals surface area contributed by atoms with E-state index in [0.29, 0.717) is 6.54 Å². The zero-order valence-electron chi connectivity index (χ0n) is 15.2. The Morgan fingerprint density at radius 1 is 1.24 bits per heavy atom. The second-order valence-corrected chi connectivity index (χ2v) is 7.04. The largest absolute Gasteiger partial charge is 0.464 e. The van der Waals surface area contributed by atoms with E-state index in [0.717, 1.165) is 29.4 Å². The number of furan rings is 1. The number of aryl methyl sites for hydroxylation is 2. The van der Waals surface area contributed by atoms with Crippen LogP contribution in [0.15, 0.2) is 22.8 Å². The molecule has 0 fully saturated rings. The van der Waals surface area contributed by atoms with E-state index < -0.39 is 0 Å². The Morgan fingerprint density at radius 2 is 1.96 bits per heavy atom. The first kappa shape index (κ1) is 17.5. The lowest BCUT2D eigenvalue weighted by Gasteiger charge is -2.21. The molecule has 5 nitrogen and oxygen atoms in total. The number of fused-ring (bicyclic) bond motifs is 2. The van der Waals surface area contributed by atoms with Crippen molar-refractivity contribution in [3.05, 3.63) is 35.1 Å². The first-order chi connectivity index (χ1) is 12.0. The van der Waals surface area contributed by atoms with E-state index in [1.165, 1.54) is 17.5 Å². The molecule has 0 aliphatic heterocycles. The molecular formula is C20H26N2O3. The molecule has 1 aliphatic carbocycles. The van der Waals surface area contributed by atoms with Crippen molar-refractivity contribution in [2.75, 3.05) is 13.1 Å². The van der Waals surface area contributed by atoms with Crippen molar-refractivity contribution in [1.29, 1.82) is 0 Å². The van der Waals surface area contributed by atoms with Crippen molar-refractivity contribution >= 4 is 22.8 Å². The molecule has 5 heteroatoms. The van der Waals surface area contributed by atoms with Crippen LogP contribution in [0.1, 0.15) is 43.9 Å². The fraction of sp³-hybridized carbons (Fsp3) is 0.500. The van der Waals surface area contributed by atoms with Gasteiger partial charge in [0.1, 0.15) is 5.58 Å². The van der Waals surface area contributed by atoms with E-state index in [1.807, 2.05) is 20.8 Å². The predicted octanol–water partition coefficient (Wildman–Crippen LogP) is 2.84. The SMILES string of the molecule is CCN(CC(=O)NC(C)C)C(=O)Cc1coc2cc3c(cc12)CCC3. The van der Waals surface area contributed by atoms with Gasteiger partial charge in [0.2, 0.25) is 11.8 Å². The van der Waals surface area contributed by atoms with Crippen LogP contribution in [-0.4, -0.2) is 35.8 Å². The third-order valence-corrected chi connectivity index (χ3v) is 4.73. The molecule has 25 heavy (non-hydrogen) atoms. The van der Waals surface area contributed by atoms with E-state index in [9.17, 15) is 9.59 Å². The van der Waals surface area contributed by atoms with E-state index in [-0.39, 0.29) is 30.8 Å². The Balaban J connectivity index is 1.73. The van der Waals surface area contributed by atoms with Crippen molar-refractivity contribution in [2.24, 2.45) is 0 Å². The highest BCUT2D eigenvalue weighted by Crippen LogP contribution is 2.30. The highest BCUT2D eigenvalue weighted by molar-refractivity contribution is 5.90. The quantitative estimate of drug-likeness (QED) is 0.878. The van der Waals surface area contributed by atoms with E-state index in [1.54, 1.807) is 11.2 Å². The summed E-state index contributed by atoms with van der Waals surface area (Å²) in [7, 11) is 0. The van der Waals surface area contributed by atoms with Crippen LogP contribution in [0.4, 0.5) is 0 Å². The molecule has 2 amide bonds. The van der Waals surface area contributed by atoms with Gasteiger partial charge >= 0.3 is 0 Å². The first-order valence-corrected chi connectivity index (χ1v) is 9.07. The maximum absolute atomic E-state index is 12.6. The van der Waals surface area contributed by atoms with Gasteiger partial charge < -0.3 is 14.6 Å². The summed E-state index contributed by atoms with van der Waals surface area (Å²) in [6.07, 6.45) is 5.33. The van der Waals surface area contributed by atoms with Gasteiger partial charge in [0, 0.05) is 23.5 Å². The topological polar surface area (TPSA) is 62.6 Å². The summed E-state index contributed by atoms with van der Waals surface area (Å²) in [5.41, 5.74) is 4.48. The molecule has 1 heterocycles. The standard InChI is InChI=1S/C20H26N2O3/c1-4-22(11-19(23)21-13(2)3)20(24)10-16-12-25-18-9-15-7-5-6-14(15)8-17(16)18/h8-9,12-13H,4-7,10-11H2,1-3H3,(H,21,23). The maximum atomic E-state index is 12.6. The summed E-state index contributed by atoms with van der Waals surface area (Å²) in [6, 6.07) is 4.35. The Labute approximate surface area is 148 Å². The summed E-state index contributed by atoms with van der Waals surface area (Å²) in [5.74, 6) is -0.176. The highest BCUT2D eigenvalue weighted by atomic mass is 16.3. The normalized spacial score (nSPS) is 13.3. The Hall–Kier alpha value is -2.30. The Kier molecular flexibility index (Phi) is 5.11. The van der Waals surface area contributed by atoms with Crippen LogP contribution >= 0.6 is 0 Å². The molecule has 1 aromatic heterocycles. The Bertz CT molecular complexity index is 792. The van der Waals surface area contributed by atoms with Crippen molar-refractivity contribution < 1.29 is 14.0 Å². The zero-order chi connectivity index (χ0) is 18.0. The van der Waals surface area contributed by atoms with Gasteiger partial charge in [0.05, 0.1) is 19.2 Å². The molecule has 0 atom stereocenters. The van der Waals surface area contributed by atoms with Crippen LogP contribution in [0, 0.1) is 0 Å². The van der Waals surface area contributed by atoms with Crippen LogP contribution in [-0.2, 0) is 28.9 Å². The number of hydrogen-bond acceptors (Lipinski definition) is 3. The Morgan fingerprint density at radius 3 is 2.64 bits per heavy atom. The summed E-state index contributed by atoms with van der Waals surface area (Å²) in [5, 5.41) is 3.85. The van der Waals surface area contributed by atoms with Gasteiger partial charge in [-0.05, 0) is 63.3 Å². The van der Waals surface area contributed by atoms with Crippen LogP contribution in [0.2, 0.25) is 0 Å². The number of rotatable bonds is 6. The van der Waals surface area contributed by atoms with Gasteiger partial charge in [-0.25, -0.2) is 0 Å². The van der Waals surface area contributed by atoms with Gasteiger partial charge in [-0.3, -0.25) is 9.59 Å². The number of amides is 2. The number of benzene rings is 1. The number of likely N-dealkylation sites (N-methyl/N-ethyl adjacent to an activating group) is 1. The summed E-state index contributed by atoms with van der Waals surface area (Å²) in [6.45, 7) is 6.31. The number of carbonyl (C=O) groups is 2. The van der Waals surface area contributed by atoms with Gasteiger partial charge in [-0.15, -0.1) is 0 Å². The van der Waals surface area contributed by atoms with Crippen molar-refractivity contribution in [3.63, 3.8) is 0 Å². The lowest BCUT2D eigenvalue weighted by Crippen LogP contribution is -2.43. The van der Waals surface area contributed by atoms with Gasteiger partial charge in [-0.2, -0.15) is 0 Å². The molecule has 1 N–H and O–H groups in total. The average molecular weight is 342 g/mol. The van der Waals surface area contributed by atoms with E-state index >= 15 is 0 Å². The second-order valence-electron chi connectivity index (χ2n) is 7.04. The molecule has 2 aromatic rings. The van der Waals surface area contributed by atoms with Crippen LogP contribution in [0.5, 0.6) is 0 Å². The molecule has 1 aromatic carbocycles. The van der Waals surface area contributed by atoms with Gasteiger partial charge in [0.25, 0.3) is 0 Å². The van der Waals surface area contributed by atoms with Crippen LogP contribution in [0.25, 0.3) is 11.0 Å². The fourth-order valence-electron chi connectivity index (χ4n) is 3.48. The number of nitrogens with zero attached hydrogens (tertiary/aromatic N) is 1. The predicted molar refractivity (Wildman–Crippen MR) is 97.5 cm³/mol. The molecule has 0 saturated heterocycles. The summed E-state index contributed by atoms with van der Waals surface area (Å²) in [4.78, 5) is 26.2. The van der Waals surface area contributed by atoms with E-state index in [4.69, 9.17) is 4.42 Å². The number of carbonyl (C=O) groups excluding carboxylic acids is 2. The van der Waals surface area contributed by atoms with E-state index in [2.05, 4.69) is 17.4 Å². The molecule has 134 valence electrons. The number of hydrogen-bond donors (Lipinski definition) is 1. The molecule has 1 aliphatic rings. The van der Waals surface area contributed by atoms with Gasteiger partial charge in [0.15, 0.2) is 0 Å². The molecule has 0 saturated carbocycles. The summed E-state index contributed by atoms with van der Waals surface area (Å²) >= 11 is 0. The minimum Gasteiger partial charge on any atom is -0.464 e. The van der Waals surface area contributed by atoms with Crippen LogP contribution < -0.4 is 5.32 Å². The lowest BCUT2D eigenvalue weighted by molar-refractivity contribution is -0.135. The van der Waals surface area contributed by atoms with Gasteiger partial charge in [-0.1, -0.05) is 0 Å². The van der Waals surface area contributed by atoms with Crippen LogP contribution in [0.3, 0.4) is 0 Å². The molecule has 0 spiro atoms. The van der Waals surface area contributed by atoms with Crippen molar-refractivity contribution in [1.82, 2.24) is 10.2 Å².